The molecule has 0 bridgehead atoms. The molecule has 0 spiro atoms. The first kappa shape index (κ1) is 19.1. The van der Waals surface area contributed by atoms with Crippen molar-refractivity contribution in [3.63, 3.8) is 0 Å². The molecule has 0 aliphatic carbocycles. The van der Waals surface area contributed by atoms with E-state index in [9.17, 15) is 13.2 Å². The molecule has 2 aromatic carbocycles. The van der Waals surface area contributed by atoms with E-state index in [0.29, 0.717) is 16.1 Å². The van der Waals surface area contributed by atoms with Gasteiger partial charge in [-0.3, -0.25) is 4.98 Å². The SMILES string of the molecule is FC(F)(F)c1cc(-c2ccc(Cl)cc2)nc(-c2cccc(-c3cccnc3)c2)n1. The van der Waals surface area contributed by atoms with Crippen LogP contribution in [0.25, 0.3) is 33.8 Å². The third-order valence-corrected chi connectivity index (χ3v) is 4.52. The molecular formula is C22H13ClF3N3. The lowest BCUT2D eigenvalue weighted by Crippen LogP contribution is -2.10. The predicted molar refractivity (Wildman–Crippen MR) is 106 cm³/mol. The fraction of sp³-hybridized carbons (Fsp3) is 0.0455. The van der Waals surface area contributed by atoms with Crippen LogP contribution in [-0.4, -0.2) is 15.0 Å². The Morgan fingerprint density at radius 1 is 0.724 bits per heavy atom. The first-order chi connectivity index (χ1) is 13.9. The van der Waals surface area contributed by atoms with E-state index < -0.39 is 11.9 Å². The number of benzene rings is 2. The van der Waals surface area contributed by atoms with E-state index in [1.165, 1.54) is 0 Å². The van der Waals surface area contributed by atoms with Crippen LogP contribution in [0.1, 0.15) is 5.69 Å². The summed E-state index contributed by atoms with van der Waals surface area (Å²) < 4.78 is 40.4. The number of hydrogen-bond donors (Lipinski definition) is 0. The van der Waals surface area contributed by atoms with Crippen molar-refractivity contribution in [3.8, 4) is 33.8 Å². The first-order valence-electron chi connectivity index (χ1n) is 8.63. The Kier molecular flexibility index (Phi) is 5.03. The van der Waals surface area contributed by atoms with Crippen LogP contribution < -0.4 is 0 Å². The molecule has 0 N–H and O–H groups in total. The monoisotopic (exact) mass is 411 g/mol. The number of aromatic nitrogens is 3. The smallest absolute Gasteiger partial charge is 0.264 e. The van der Waals surface area contributed by atoms with E-state index >= 15 is 0 Å². The van der Waals surface area contributed by atoms with Gasteiger partial charge in [0.15, 0.2) is 5.82 Å². The minimum Gasteiger partial charge on any atom is -0.264 e. The number of nitrogens with zero attached hydrogens (tertiary/aromatic N) is 3. The highest BCUT2D eigenvalue weighted by Crippen LogP contribution is 2.33. The van der Waals surface area contributed by atoms with Crippen molar-refractivity contribution in [2.45, 2.75) is 6.18 Å². The van der Waals surface area contributed by atoms with E-state index in [0.717, 1.165) is 17.2 Å². The van der Waals surface area contributed by atoms with Crippen LogP contribution in [0, 0.1) is 0 Å². The molecule has 0 aliphatic heterocycles. The van der Waals surface area contributed by atoms with Crippen molar-refractivity contribution in [3.05, 3.63) is 89.8 Å². The third-order valence-electron chi connectivity index (χ3n) is 4.27. The maximum atomic E-state index is 13.5. The van der Waals surface area contributed by atoms with Crippen molar-refractivity contribution in [2.75, 3.05) is 0 Å². The van der Waals surface area contributed by atoms with Crippen LogP contribution in [0.4, 0.5) is 13.2 Å². The molecule has 4 aromatic rings. The zero-order valence-electron chi connectivity index (χ0n) is 14.9. The molecular weight excluding hydrogens is 399 g/mol. The molecule has 0 saturated heterocycles. The topological polar surface area (TPSA) is 38.7 Å². The van der Waals surface area contributed by atoms with Crippen molar-refractivity contribution in [2.24, 2.45) is 0 Å². The van der Waals surface area contributed by atoms with Crippen LogP contribution in [0.5, 0.6) is 0 Å². The summed E-state index contributed by atoms with van der Waals surface area (Å²) in [6.07, 6.45) is -1.26. The lowest BCUT2D eigenvalue weighted by molar-refractivity contribution is -0.141. The summed E-state index contributed by atoms with van der Waals surface area (Å²) in [5.41, 5.74) is 1.83. The molecule has 0 radical (unpaired) electrons. The second-order valence-electron chi connectivity index (χ2n) is 6.29. The summed E-state index contributed by atoms with van der Waals surface area (Å²) in [5, 5.41) is 0.489. The summed E-state index contributed by atoms with van der Waals surface area (Å²) >= 11 is 5.89. The Balaban J connectivity index is 1.85. The lowest BCUT2D eigenvalue weighted by atomic mass is 10.0. The average molecular weight is 412 g/mol. The van der Waals surface area contributed by atoms with Crippen LogP contribution in [0.2, 0.25) is 5.02 Å². The second-order valence-corrected chi connectivity index (χ2v) is 6.73. The number of rotatable bonds is 3. The molecule has 0 aliphatic rings. The summed E-state index contributed by atoms with van der Waals surface area (Å²) in [4.78, 5) is 12.2. The minimum atomic E-state index is -4.60. The Labute approximate surface area is 169 Å². The quantitative estimate of drug-likeness (QED) is 0.384. The highest BCUT2D eigenvalue weighted by molar-refractivity contribution is 6.30. The molecule has 0 saturated carbocycles. The molecule has 3 nitrogen and oxygen atoms in total. The summed E-state index contributed by atoms with van der Waals surface area (Å²) in [5.74, 6) is -0.00415. The summed E-state index contributed by atoms with van der Waals surface area (Å²) in [7, 11) is 0. The largest absolute Gasteiger partial charge is 0.433 e. The zero-order valence-corrected chi connectivity index (χ0v) is 15.6. The van der Waals surface area contributed by atoms with E-state index in [2.05, 4.69) is 15.0 Å². The number of hydrogen-bond acceptors (Lipinski definition) is 3. The van der Waals surface area contributed by atoms with E-state index in [1.54, 1.807) is 60.9 Å². The molecule has 2 heterocycles. The van der Waals surface area contributed by atoms with Crippen LogP contribution in [0.3, 0.4) is 0 Å². The molecule has 0 amide bonds. The molecule has 7 heteroatoms. The van der Waals surface area contributed by atoms with E-state index in [4.69, 9.17) is 11.6 Å². The molecule has 144 valence electrons. The van der Waals surface area contributed by atoms with Gasteiger partial charge in [-0.25, -0.2) is 9.97 Å². The zero-order chi connectivity index (χ0) is 20.4. The standard InChI is InChI=1S/C22H13ClF3N3/c23-18-8-6-14(7-9-18)19-12-20(22(24,25)26)29-21(28-19)16-4-1-3-15(11-16)17-5-2-10-27-13-17/h1-13H. The van der Waals surface area contributed by atoms with Crippen LogP contribution in [-0.2, 0) is 6.18 Å². The van der Waals surface area contributed by atoms with Crippen molar-refractivity contribution in [1.29, 1.82) is 0 Å². The van der Waals surface area contributed by atoms with E-state index in [-0.39, 0.29) is 11.5 Å². The number of pyridine rings is 1. The van der Waals surface area contributed by atoms with Gasteiger partial charge in [0.25, 0.3) is 0 Å². The summed E-state index contributed by atoms with van der Waals surface area (Å²) in [6, 6.07) is 18.1. The molecule has 0 atom stereocenters. The van der Waals surface area contributed by atoms with E-state index in [1.807, 2.05) is 12.1 Å². The lowest BCUT2D eigenvalue weighted by Gasteiger charge is -2.12. The van der Waals surface area contributed by atoms with Gasteiger partial charge < -0.3 is 0 Å². The molecule has 0 unspecified atom stereocenters. The Morgan fingerprint density at radius 2 is 1.45 bits per heavy atom. The summed E-state index contributed by atoms with van der Waals surface area (Å²) in [6.45, 7) is 0. The molecule has 2 aromatic heterocycles. The van der Waals surface area contributed by atoms with Gasteiger partial charge >= 0.3 is 6.18 Å². The van der Waals surface area contributed by atoms with Gasteiger partial charge in [0.05, 0.1) is 5.69 Å². The van der Waals surface area contributed by atoms with Crippen molar-refractivity contribution >= 4 is 11.6 Å². The van der Waals surface area contributed by atoms with Crippen molar-refractivity contribution < 1.29 is 13.2 Å². The van der Waals surface area contributed by atoms with Gasteiger partial charge in [0, 0.05) is 34.1 Å². The normalized spacial score (nSPS) is 11.4. The highest BCUT2D eigenvalue weighted by Gasteiger charge is 2.34. The third kappa shape index (κ3) is 4.27. The molecule has 4 rings (SSSR count). The second kappa shape index (κ2) is 7.64. The van der Waals surface area contributed by atoms with Crippen molar-refractivity contribution in [1.82, 2.24) is 15.0 Å². The maximum absolute atomic E-state index is 13.5. The Morgan fingerprint density at radius 3 is 2.14 bits per heavy atom. The Hall–Kier alpha value is -3.25. The fourth-order valence-electron chi connectivity index (χ4n) is 2.86. The highest BCUT2D eigenvalue weighted by atomic mass is 35.5. The first-order valence-corrected chi connectivity index (χ1v) is 9.01. The van der Waals surface area contributed by atoms with Gasteiger partial charge in [-0.1, -0.05) is 48.0 Å². The molecule has 29 heavy (non-hydrogen) atoms. The van der Waals surface area contributed by atoms with Gasteiger partial charge in [0.1, 0.15) is 5.69 Å². The van der Waals surface area contributed by atoms with Crippen LogP contribution in [0.15, 0.2) is 79.1 Å². The Bertz CT molecular complexity index is 1140. The van der Waals surface area contributed by atoms with Crippen LogP contribution >= 0.6 is 11.6 Å². The molecule has 0 fully saturated rings. The van der Waals surface area contributed by atoms with Gasteiger partial charge in [-0.15, -0.1) is 0 Å². The van der Waals surface area contributed by atoms with Gasteiger partial charge in [-0.2, -0.15) is 13.2 Å². The predicted octanol–water partition coefficient (Wildman–Crippen LogP) is 6.54. The van der Waals surface area contributed by atoms with Gasteiger partial charge in [-0.05, 0) is 35.9 Å². The maximum Gasteiger partial charge on any atom is 0.433 e. The fourth-order valence-corrected chi connectivity index (χ4v) is 2.99. The average Bonchev–Trinajstić information content (AvgIpc) is 2.74. The van der Waals surface area contributed by atoms with Gasteiger partial charge in [0.2, 0.25) is 0 Å². The number of alkyl halides is 3. The number of halogens is 4. The minimum absolute atomic E-state index is 0.00415.